The molecule has 8 heteroatoms. The Morgan fingerprint density at radius 3 is 2.80 bits per heavy atom. The number of rotatable bonds is 9. The smallest absolute Gasteiger partial charge is 0.305 e. The molecule has 0 aliphatic heterocycles. The molecule has 1 aromatic heterocycles. The molecule has 0 saturated carbocycles. The molecule has 0 aliphatic carbocycles. The largest absolute Gasteiger partial charge is 0.469 e. The van der Waals surface area contributed by atoms with Crippen LogP contribution in [0, 0.1) is 6.92 Å². The van der Waals surface area contributed by atoms with Crippen LogP contribution in [0.5, 0.6) is 0 Å². The van der Waals surface area contributed by atoms with Gasteiger partial charge in [0.05, 0.1) is 18.4 Å². The summed E-state index contributed by atoms with van der Waals surface area (Å²) in [6.07, 6.45) is 1.76. The van der Waals surface area contributed by atoms with Crippen LogP contribution >= 0.6 is 11.8 Å². The summed E-state index contributed by atoms with van der Waals surface area (Å²) in [7, 11) is 1.37. The van der Waals surface area contributed by atoms with Gasteiger partial charge < -0.3 is 14.6 Å². The van der Waals surface area contributed by atoms with Crippen LogP contribution < -0.4 is 5.32 Å². The van der Waals surface area contributed by atoms with Gasteiger partial charge in [0, 0.05) is 17.9 Å². The Balaban J connectivity index is 1.84. The van der Waals surface area contributed by atoms with Gasteiger partial charge in [0.2, 0.25) is 5.89 Å². The van der Waals surface area contributed by atoms with Gasteiger partial charge in [-0.3, -0.25) is 9.59 Å². The van der Waals surface area contributed by atoms with Crippen LogP contribution in [-0.2, 0) is 15.3 Å². The Bertz CT molecular complexity index is 717. The first-order valence-corrected chi connectivity index (χ1v) is 8.94. The van der Waals surface area contributed by atoms with E-state index < -0.39 is 0 Å². The van der Waals surface area contributed by atoms with Crippen LogP contribution in [0.25, 0.3) is 0 Å². The van der Waals surface area contributed by atoms with Crippen molar-refractivity contribution < 1.29 is 18.8 Å². The van der Waals surface area contributed by atoms with Crippen molar-refractivity contribution in [1.29, 1.82) is 0 Å². The second kappa shape index (κ2) is 9.83. The first kappa shape index (κ1) is 19.0. The molecule has 0 aliphatic rings. The predicted octanol–water partition coefficient (Wildman–Crippen LogP) is 2.74. The summed E-state index contributed by atoms with van der Waals surface area (Å²) in [5.74, 6) is 1.26. The molecule has 0 bridgehead atoms. The first-order valence-electron chi connectivity index (χ1n) is 7.96. The zero-order chi connectivity index (χ0) is 18.1. The highest BCUT2D eigenvalue weighted by atomic mass is 32.2. The number of hydrogen-bond acceptors (Lipinski definition) is 7. The van der Waals surface area contributed by atoms with Gasteiger partial charge in [-0.1, -0.05) is 17.3 Å². The first-order chi connectivity index (χ1) is 12.1. The van der Waals surface area contributed by atoms with Crippen molar-refractivity contribution in [1.82, 2.24) is 15.5 Å². The summed E-state index contributed by atoms with van der Waals surface area (Å²) < 4.78 is 9.67. The minimum absolute atomic E-state index is 0.136. The number of methoxy groups -OCH3 is 1. The number of carbonyl (C=O) groups is 2. The van der Waals surface area contributed by atoms with Crippen molar-refractivity contribution in [2.45, 2.75) is 36.8 Å². The summed E-state index contributed by atoms with van der Waals surface area (Å²) in [4.78, 5) is 28.4. The average molecular weight is 363 g/mol. The lowest BCUT2D eigenvalue weighted by Gasteiger charge is -2.09. The van der Waals surface area contributed by atoms with E-state index in [-0.39, 0.29) is 11.9 Å². The van der Waals surface area contributed by atoms with E-state index >= 15 is 0 Å². The number of benzene rings is 1. The molecule has 1 heterocycles. The SMILES string of the molecule is COC(=O)CCCCNC(=O)c1ccccc1SCc1nc(C)no1. The van der Waals surface area contributed by atoms with Gasteiger partial charge in [-0.05, 0) is 31.9 Å². The standard InChI is InChI=1S/C17H21N3O4S/c1-12-19-15(24-20-12)11-25-14-8-4-3-7-13(14)17(22)18-10-6-5-9-16(21)23-2/h3-4,7-8H,5-6,9-11H2,1-2H3,(H,18,22). The number of hydrogen-bond donors (Lipinski definition) is 1. The van der Waals surface area contributed by atoms with Crippen molar-refractivity contribution in [3.05, 3.63) is 41.5 Å². The van der Waals surface area contributed by atoms with Crippen LogP contribution in [0.3, 0.4) is 0 Å². The molecule has 1 aromatic carbocycles. The minimum Gasteiger partial charge on any atom is -0.469 e. The van der Waals surface area contributed by atoms with Crippen LogP contribution in [0.4, 0.5) is 0 Å². The highest BCUT2D eigenvalue weighted by Crippen LogP contribution is 2.25. The van der Waals surface area contributed by atoms with Crippen molar-refractivity contribution in [2.24, 2.45) is 0 Å². The monoisotopic (exact) mass is 363 g/mol. The number of esters is 1. The van der Waals surface area contributed by atoms with E-state index in [2.05, 4.69) is 20.2 Å². The third-order valence-corrected chi connectivity index (χ3v) is 4.43. The van der Waals surface area contributed by atoms with E-state index in [0.29, 0.717) is 42.4 Å². The molecule has 0 unspecified atom stereocenters. The maximum atomic E-state index is 12.4. The van der Waals surface area contributed by atoms with Crippen molar-refractivity contribution in [3.8, 4) is 0 Å². The van der Waals surface area contributed by atoms with Crippen molar-refractivity contribution in [2.75, 3.05) is 13.7 Å². The van der Waals surface area contributed by atoms with E-state index in [1.54, 1.807) is 13.0 Å². The zero-order valence-corrected chi connectivity index (χ0v) is 15.1. The van der Waals surface area contributed by atoms with Gasteiger partial charge in [-0.15, -0.1) is 11.8 Å². The third kappa shape index (κ3) is 6.22. The molecule has 0 atom stereocenters. The van der Waals surface area contributed by atoms with E-state index in [0.717, 1.165) is 11.3 Å². The number of unbranched alkanes of at least 4 members (excludes halogenated alkanes) is 1. The summed E-state index contributed by atoms with van der Waals surface area (Å²) in [6.45, 7) is 2.27. The normalized spacial score (nSPS) is 10.5. The second-order valence-electron chi connectivity index (χ2n) is 5.31. The number of aryl methyl sites for hydroxylation is 1. The zero-order valence-electron chi connectivity index (χ0n) is 14.3. The number of ether oxygens (including phenoxy) is 1. The van der Waals surface area contributed by atoms with Crippen molar-refractivity contribution in [3.63, 3.8) is 0 Å². The maximum Gasteiger partial charge on any atom is 0.305 e. The number of nitrogens with one attached hydrogen (secondary N) is 1. The molecule has 7 nitrogen and oxygen atoms in total. The fourth-order valence-corrected chi connectivity index (χ4v) is 3.00. The number of thioether (sulfide) groups is 1. The highest BCUT2D eigenvalue weighted by molar-refractivity contribution is 7.98. The molecule has 1 amide bonds. The lowest BCUT2D eigenvalue weighted by molar-refractivity contribution is -0.140. The Hall–Kier alpha value is -2.35. The van der Waals surface area contributed by atoms with Crippen LogP contribution in [0.2, 0.25) is 0 Å². The molecule has 2 rings (SSSR count). The van der Waals surface area contributed by atoms with E-state index in [9.17, 15) is 9.59 Å². The summed E-state index contributed by atoms with van der Waals surface area (Å²) >= 11 is 1.47. The maximum absolute atomic E-state index is 12.4. The number of amides is 1. The second-order valence-corrected chi connectivity index (χ2v) is 6.33. The molecule has 0 radical (unpaired) electrons. The van der Waals surface area contributed by atoms with Gasteiger partial charge in [0.15, 0.2) is 5.82 Å². The molecule has 2 aromatic rings. The Morgan fingerprint density at radius 2 is 2.08 bits per heavy atom. The topological polar surface area (TPSA) is 94.3 Å². The Kier molecular flexibility index (Phi) is 7.46. The van der Waals surface area contributed by atoms with Gasteiger partial charge in [-0.25, -0.2) is 0 Å². The molecular formula is C17H21N3O4S. The molecule has 1 N–H and O–H groups in total. The summed E-state index contributed by atoms with van der Waals surface area (Å²) in [5.41, 5.74) is 0.608. The summed E-state index contributed by atoms with van der Waals surface area (Å²) in [5, 5.41) is 6.63. The van der Waals surface area contributed by atoms with Gasteiger partial charge in [0.1, 0.15) is 0 Å². The predicted molar refractivity (Wildman–Crippen MR) is 93.2 cm³/mol. The van der Waals surface area contributed by atoms with Gasteiger partial charge in [-0.2, -0.15) is 4.98 Å². The summed E-state index contributed by atoms with van der Waals surface area (Å²) in [6, 6.07) is 7.38. The molecule has 0 saturated heterocycles. The molecule has 0 spiro atoms. The Morgan fingerprint density at radius 1 is 1.28 bits per heavy atom. The number of aromatic nitrogens is 2. The number of nitrogens with zero attached hydrogens (tertiary/aromatic N) is 2. The minimum atomic E-state index is -0.232. The highest BCUT2D eigenvalue weighted by Gasteiger charge is 2.12. The molecular weight excluding hydrogens is 342 g/mol. The molecule has 134 valence electrons. The lowest BCUT2D eigenvalue weighted by Crippen LogP contribution is -2.25. The Labute approximate surface area is 150 Å². The van der Waals surface area contributed by atoms with Crippen LogP contribution in [-0.4, -0.2) is 35.7 Å². The fourth-order valence-electron chi connectivity index (χ4n) is 2.11. The van der Waals surface area contributed by atoms with Gasteiger partial charge in [0.25, 0.3) is 5.91 Å². The van der Waals surface area contributed by atoms with E-state index in [4.69, 9.17) is 4.52 Å². The average Bonchev–Trinajstić information content (AvgIpc) is 3.04. The quantitative estimate of drug-likeness (QED) is 0.416. The fraction of sp³-hybridized carbons (Fsp3) is 0.412. The lowest BCUT2D eigenvalue weighted by atomic mass is 10.2. The van der Waals surface area contributed by atoms with Crippen LogP contribution in [0.15, 0.2) is 33.7 Å². The van der Waals surface area contributed by atoms with Crippen molar-refractivity contribution >= 4 is 23.6 Å². The third-order valence-electron chi connectivity index (χ3n) is 3.37. The van der Waals surface area contributed by atoms with Crippen LogP contribution in [0.1, 0.15) is 41.3 Å². The molecule has 25 heavy (non-hydrogen) atoms. The number of carbonyl (C=O) groups excluding carboxylic acids is 2. The van der Waals surface area contributed by atoms with Gasteiger partial charge >= 0.3 is 5.97 Å². The van der Waals surface area contributed by atoms with E-state index in [1.165, 1.54) is 18.9 Å². The molecule has 0 fully saturated rings. The van der Waals surface area contributed by atoms with E-state index in [1.807, 2.05) is 18.2 Å².